The second kappa shape index (κ2) is 9.82. The molecule has 3 aromatic rings. The topological polar surface area (TPSA) is 87.5 Å². The van der Waals surface area contributed by atoms with Crippen molar-refractivity contribution < 1.29 is 19.1 Å². The van der Waals surface area contributed by atoms with Crippen LogP contribution in [0.5, 0.6) is 5.75 Å². The Morgan fingerprint density at radius 2 is 1.63 bits per heavy atom. The number of nitrogens with zero attached hydrogens (tertiary/aromatic N) is 2. The van der Waals surface area contributed by atoms with Gasteiger partial charge in [0.1, 0.15) is 5.75 Å². The monoisotopic (exact) mass is 408 g/mol. The van der Waals surface area contributed by atoms with E-state index in [1.54, 1.807) is 24.3 Å². The van der Waals surface area contributed by atoms with E-state index in [1.807, 2.05) is 0 Å². The number of unbranched alkanes of at least 4 members (excludes halogenated alkanes) is 3. The van der Waals surface area contributed by atoms with Gasteiger partial charge in [-0.2, -0.15) is 5.10 Å². The van der Waals surface area contributed by atoms with Crippen LogP contribution >= 0.6 is 0 Å². The highest BCUT2D eigenvalue weighted by atomic mass is 16.5. The average molecular weight is 408 g/mol. The molecule has 0 bridgehead atoms. The fourth-order valence-corrected chi connectivity index (χ4v) is 3.16. The van der Waals surface area contributed by atoms with Crippen LogP contribution in [0.2, 0.25) is 0 Å². The fourth-order valence-electron chi connectivity index (χ4n) is 3.16. The van der Waals surface area contributed by atoms with Gasteiger partial charge in [0.25, 0.3) is 5.56 Å². The Balaban J connectivity index is 1.89. The molecule has 0 atom stereocenters. The average Bonchev–Trinajstić information content (AvgIpc) is 2.78. The van der Waals surface area contributed by atoms with Crippen molar-refractivity contribution in [1.82, 2.24) is 9.78 Å². The van der Waals surface area contributed by atoms with Crippen molar-refractivity contribution in [2.24, 2.45) is 0 Å². The molecule has 1 heterocycles. The summed E-state index contributed by atoms with van der Waals surface area (Å²) in [5.74, 6) is -0.880. The minimum atomic E-state index is -0.667. The summed E-state index contributed by atoms with van der Waals surface area (Å²) in [5.41, 5.74) is 0.209. The standard InChI is InChI=1S/C23H24N2O5/c1-3-4-5-8-15-25-21(26)19-10-7-6-9-18(19)20(24-25)23(28)30-17-13-11-16(12-14-17)22(27)29-2/h6-7,9-14H,3-5,8,15H2,1-2H3. The van der Waals surface area contributed by atoms with E-state index in [9.17, 15) is 14.4 Å². The minimum Gasteiger partial charge on any atom is -0.465 e. The second-order valence-corrected chi connectivity index (χ2v) is 6.89. The number of ether oxygens (including phenoxy) is 2. The molecular weight excluding hydrogens is 384 g/mol. The number of carbonyl (C=O) groups excluding carboxylic acids is 2. The molecule has 0 amide bonds. The molecule has 1 aromatic heterocycles. The summed E-state index contributed by atoms with van der Waals surface area (Å²) in [4.78, 5) is 37.2. The van der Waals surface area contributed by atoms with Gasteiger partial charge < -0.3 is 9.47 Å². The van der Waals surface area contributed by atoms with Gasteiger partial charge >= 0.3 is 11.9 Å². The van der Waals surface area contributed by atoms with Crippen molar-refractivity contribution >= 4 is 22.7 Å². The van der Waals surface area contributed by atoms with Crippen molar-refractivity contribution in [2.45, 2.75) is 39.2 Å². The lowest BCUT2D eigenvalue weighted by atomic mass is 10.1. The van der Waals surface area contributed by atoms with E-state index >= 15 is 0 Å². The predicted molar refractivity (Wildman–Crippen MR) is 113 cm³/mol. The van der Waals surface area contributed by atoms with Crippen molar-refractivity contribution in [3.05, 3.63) is 70.1 Å². The number of aryl methyl sites for hydroxylation is 1. The van der Waals surface area contributed by atoms with Crippen LogP contribution in [0.3, 0.4) is 0 Å². The molecule has 0 unspecified atom stereocenters. The lowest BCUT2D eigenvalue weighted by molar-refractivity contribution is 0.0600. The number of carbonyl (C=O) groups is 2. The molecule has 0 fully saturated rings. The van der Waals surface area contributed by atoms with E-state index in [0.29, 0.717) is 22.9 Å². The van der Waals surface area contributed by atoms with Crippen LogP contribution in [0.1, 0.15) is 53.5 Å². The smallest absolute Gasteiger partial charge is 0.364 e. The minimum absolute atomic E-state index is 0.0812. The van der Waals surface area contributed by atoms with Crippen molar-refractivity contribution in [3.8, 4) is 5.75 Å². The predicted octanol–water partition coefficient (Wildman–Crippen LogP) is 3.98. The normalized spacial score (nSPS) is 10.7. The number of hydrogen-bond acceptors (Lipinski definition) is 6. The summed E-state index contributed by atoms with van der Waals surface area (Å²) in [6.45, 7) is 2.56. The molecule has 0 saturated carbocycles. The first-order valence-corrected chi connectivity index (χ1v) is 9.95. The summed E-state index contributed by atoms with van der Waals surface area (Å²) in [5, 5.41) is 5.18. The number of rotatable bonds is 8. The van der Waals surface area contributed by atoms with Gasteiger partial charge in [0, 0.05) is 11.9 Å². The molecule has 7 heteroatoms. The summed E-state index contributed by atoms with van der Waals surface area (Å²) < 4.78 is 11.4. The zero-order chi connectivity index (χ0) is 21.5. The van der Waals surface area contributed by atoms with Gasteiger partial charge in [-0.3, -0.25) is 4.79 Å². The third-order valence-corrected chi connectivity index (χ3v) is 4.77. The van der Waals surface area contributed by atoms with Crippen LogP contribution in [0.25, 0.3) is 10.8 Å². The summed E-state index contributed by atoms with van der Waals surface area (Å²) in [7, 11) is 1.30. The van der Waals surface area contributed by atoms with Crippen LogP contribution in [0, 0.1) is 0 Å². The van der Waals surface area contributed by atoms with Gasteiger partial charge in [-0.05, 0) is 36.8 Å². The molecular formula is C23H24N2O5. The molecule has 0 saturated heterocycles. The first-order chi connectivity index (χ1) is 14.5. The molecule has 30 heavy (non-hydrogen) atoms. The molecule has 0 radical (unpaired) electrons. The molecule has 2 aromatic carbocycles. The highest BCUT2D eigenvalue weighted by molar-refractivity contribution is 6.02. The third kappa shape index (κ3) is 4.74. The third-order valence-electron chi connectivity index (χ3n) is 4.77. The molecule has 0 aliphatic carbocycles. The molecule has 0 aliphatic heterocycles. The Labute approximate surface area is 174 Å². The number of hydrogen-bond donors (Lipinski definition) is 0. The van der Waals surface area contributed by atoms with Crippen molar-refractivity contribution in [3.63, 3.8) is 0 Å². The van der Waals surface area contributed by atoms with Gasteiger partial charge in [0.05, 0.1) is 18.1 Å². The largest absolute Gasteiger partial charge is 0.465 e. The van der Waals surface area contributed by atoms with Crippen LogP contribution < -0.4 is 10.3 Å². The first-order valence-electron chi connectivity index (χ1n) is 9.95. The Bertz CT molecular complexity index is 1100. The fraction of sp³-hybridized carbons (Fsp3) is 0.304. The zero-order valence-electron chi connectivity index (χ0n) is 17.1. The number of fused-ring (bicyclic) bond motifs is 1. The molecule has 3 rings (SSSR count). The maximum Gasteiger partial charge on any atom is 0.364 e. The Kier molecular flexibility index (Phi) is 6.95. The Hall–Kier alpha value is -3.48. The van der Waals surface area contributed by atoms with E-state index in [2.05, 4.69) is 16.8 Å². The molecule has 0 aliphatic rings. The SMILES string of the molecule is CCCCCCn1nc(C(=O)Oc2ccc(C(=O)OC)cc2)c2ccccc2c1=O. The van der Waals surface area contributed by atoms with Crippen LogP contribution in [0.15, 0.2) is 53.3 Å². The number of aromatic nitrogens is 2. The quantitative estimate of drug-likeness (QED) is 0.318. The Morgan fingerprint density at radius 1 is 0.933 bits per heavy atom. The highest BCUT2D eigenvalue weighted by Gasteiger charge is 2.19. The maximum absolute atomic E-state index is 12.9. The van der Waals surface area contributed by atoms with Gasteiger partial charge in [0.2, 0.25) is 0 Å². The molecule has 0 spiro atoms. The zero-order valence-corrected chi connectivity index (χ0v) is 17.1. The van der Waals surface area contributed by atoms with E-state index in [-0.39, 0.29) is 17.0 Å². The summed E-state index contributed by atoms with van der Waals surface area (Å²) >= 11 is 0. The van der Waals surface area contributed by atoms with E-state index in [1.165, 1.54) is 36.1 Å². The lowest BCUT2D eigenvalue weighted by Crippen LogP contribution is -2.27. The lowest BCUT2D eigenvalue weighted by Gasteiger charge is -2.11. The maximum atomic E-state index is 12.9. The van der Waals surface area contributed by atoms with Crippen LogP contribution in [0.4, 0.5) is 0 Å². The number of benzene rings is 2. The molecule has 156 valence electrons. The van der Waals surface area contributed by atoms with Gasteiger partial charge in [-0.15, -0.1) is 0 Å². The highest BCUT2D eigenvalue weighted by Crippen LogP contribution is 2.18. The van der Waals surface area contributed by atoms with Crippen LogP contribution in [-0.4, -0.2) is 28.8 Å². The van der Waals surface area contributed by atoms with Gasteiger partial charge in [0.15, 0.2) is 5.69 Å². The van der Waals surface area contributed by atoms with E-state index in [4.69, 9.17) is 4.74 Å². The second-order valence-electron chi connectivity index (χ2n) is 6.89. The van der Waals surface area contributed by atoms with Crippen LogP contribution in [-0.2, 0) is 11.3 Å². The molecule has 0 N–H and O–H groups in total. The first kappa shape index (κ1) is 21.2. The van der Waals surface area contributed by atoms with Gasteiger partial charge in [-0.1, -0.05) is 44.4 Å². The summed E-state index contributed by atoms with van der Waals surface area (Å²) in [6, 6.07) is 12.9. The number of esters is 2. The van der Waals surface area contributed by atoms with E-state index < -0.39 is 11.9 Å². The van der Waals surface area contributed by atoms with Crippen molar-refractivity contribution in [2.75, 3.05) is 7.11 Å². The van der Waals surface area contributed by atoms with Gasteiger partial charge in [-0.25, -0.2) is 14.3 Å². The number of methoxy groups -OCH3 is 1. The van der Waals surface area contributed by atoms with Crippen molar-refractivity contribution in [1.29, 1.82) is 0 Å². The summed E-state index contributed by atoms with van der Waals surface area (Å²) in [6.07, 6.45) is 3.97. The van der Waals surface area contributed by atoms with E-state index in [0.717, 1.165) is 25.7 Å². The molecule has 7 nitrogen and oxygen atoms in total. The Morgan fingerprint density at radius 3 is 2.30 bits per heavy atom.